The van der Waals surface area contributed by atoms with E-state index in [1.807, 2.05) is 37.3 Å². The third-order valence-corrected chi connectivity index (χ3v) is 7.08. The number of anilines is 1. The highest BCUT2D eigenvalue weighted by atomic mass is 32.2. The van der Waals surface area contributed by atoms with Crippen molar-refractivity contribution in [3.8, 4) is 0 Å². The fourth-order valence-corrected chi connectivity index (χ4v) is 5.12. The van der Waals surface area contributed by atoms with Crippen molar-refractivity contribution >= 4 is 21.6 Å². The van der Waals surface area contributed by atoms with Crippen LogP contribution in [0, 0.1) is 0 Å². The van der Waals surface area contributed by atoms with E-state index in [9.17, 15) is 13.2 Å². The van der Waals surface area contributed by atoms with Gasteiger partial charge in [-0.2, -0.15) is 4.31 Å². The lowest BCUT2D eigenvalue weighted by atomic mass is 9.97. The summed E-state index contributed by atoms with van der Waals surface area (Å²) in [5.74, 6) is -0.0362. The molecule has 0 saturated carbocycles. The topological polar surface area (TPSA) is 66.5 Å². The van der Waals surface area contributed by atoms with Gasteiger partial charge in [-0.25, -0.2) is 8.42 Å². The van der Waals surface area contributed by atoms with Crippen LogP contribution in [-0.4, -0.2) is 31.7 Å². The van der Waals surface area contributed by atoms with Crippen molar-refractivity contribution in [2.45, 2.75) is 49.8 Å². The Bertz CT molecular complexity index is 889. The summed E-state index contributed by atoms with van der Waals surface area (Å²) in [4.78, 5) is 12.7. The maximum absolute atomic E-state index is 13.0. The Hall–Kier alpha value is -2.18. The van der Waals surface area contributed by atoms with Gasteiger partial charge in [0.25, 0.3) is 0 Å². The highest BCUT2D eigenvalue weighted by Gasteiger charge is 2.25. The molecule has 5 nitrogen and oxygen atoms in total. The van der Waals surface area contributed by atoms with Crippen LogP contribution in [0.15, 0.2) is 59.5 Å². The fourth-order valence-electron chi connectivity index (χ4n) is 3.55. The van der Waals surface area contributed by atoms with Crippen LogP contribution in [0.4, 0.5) is 5.69 Å². The summed E-state index contributed by atoms with van der Waals surface area (Å²) in [6, 6.07) is 16.5. The summed E-state index contributed by atoms with van der Waals surface area (Å²) in [7, 11) is -3.53. The second kappa shape index (κ2) is 9.34. The minimum atomic E-state index is -3.53. The van der Waals surface area contributed by atoms with Crippen molar-refractivity contribution in [1.82, 2.24) is 4.31 Å². The molecule has 28 heavy (non-hydrogen) atoms. The summed E-state index contributed by atoms with van der Waals surface area (Å²) < 4.78 is 27.5. The minimum Gasteiger partial charge on any atom is -0.326 e. The van der Waals surface area contributed by atoms with Gasteiger partial charge in [-0.3, -0.25) is 4.79 Å². The number of carbonyl (C=O) groups excluding carboxylic acids is 1. The number of amides is 1. The van der Waals surface area contributed by atoms with Gasteiger partial charge in [-0.05, 0) is 42.5 Å². The number of carbonyl (C=O) groups is 1. The van der Waals surface area contributed by atoms with Gasteiger partial charge in [-0.15, -0.1) is 0 Å². The maximum atomic E-state index is 13.0. The molecule has 0 aliphatic carbocycles. The van der Waals surface area contributed by atoms with Crippen molar-refractivity contribution in [1.29, 1.82) is 0 Å². The maximum Gasteiger partial charge on any atom is 0.243 e. The molecule has 1 N–H and O–H groups in total. The molecule has 0 radical (unpaired) electrons. The third kappa shape index (κ3) is 5.20. The average Bonchev–Trinajstić information content (AvgIpc) is 2.99. The smallest absolute Gasteiger partial charge is 0.243 e. The van der Waals surface area contributed by atoms with Crippen LogP contribution < -0.4 is 5.32 Å². The summed E-state index contributed by atoms with van der Waals surface area (Å²) in [5, 5.41) is 2.85. The lowest BCUT2D eigenvalue weighted by Crippen LogP contribution is -2.32. The van der Waals surface area contributed by atoms with Crippen molar-refractivity contribution in [2.75, 3.05) is 18.4 Å². The van der Waals surface area contributed by atoms with Gasteiger partial charge in [0.15, 0.2) is 0 Å². The first-order valence-corrected chi connectivity index (χ1v) is 11.4. The van der Waals surface area contributed by atoms with Crippen molar-refractivity contribution in [3.63, 3.8) is 0 Å². The van der Waals surface area contributed by atoms with Crippen molar-refractivity contribution in [3.05, 3.63) is 60.2 Å². The Morgan fingerprint density at radius 3 is 2.36 bits per heavy atom. The molecule has 150 valence electrons. The quantitative estimate of drug-likeness (QED) is 0.782. The Kier molecular flexibility index (Phi) is 6.86. The first kappa shape index (κ1) is 20.6. The number of nitrogens with one attached hydrogen (secondary N) is 1. The lowest BCUT2D eigenvalue weighted by molar-refractivity contribution is -0.116. The number of sulfonamides is 1. The Morgan fingerprint density at radius 2 is 1.68 bits per heavy atom. The Morgan fingerprint density at radius 1 is 1.00 bits per heavy atom. The van der Waals surface area contributed by atoms with Gasteiger partial charge in [0, 0.05) is 25.2 Å². The van der Waals surface area contributed by atoms with Crippen LogP contribution in [0.1, 0.15) is 50.5 Å². The molecular formula is C22H28N2O3S. The zero-order valence-electron chi connectivity index (χ0n) is 16.3. The molecule has 2 aromatic rings. The van der Waals surface area contributed by atoms with E-state index in [1.165, 1.54) is 0 Å². The molecule has 0 spiro atoms. The van der Waals surface area contributed by atoms with E-state index in [0.717, 1.165) is 31.2 Å². The Balaban J connectivity index is 1.68. The van der Waals surface area contributed by atoms with Crippen molar-refractivity contribution in [2.24, 2.45) is 0 Å². The molecule has 0 unspecified atom stereocenters. The molecule has 0 bridgehead atoms. The summed E-state index contributed by atoms with van der Waals surface area (Å²) in [6.45, 7) is 3.14. The Labute approximate surface area is 167 Å². The third-order valence-electron chi connectivity index (χ3n) is 5.18. The van der Waals surface area contributed by atoms with Crippen LogP contribution in [-0.2, 0) is 14.8 Å². The predicted octanol–water partition coefficient (Wildman–Crippen LogP) is 4.38. The second-order valence-electron chi connectivity index (χ2n) is 7.41. The molecule has 3 rings (SSSR count). The summed E-state index contributed by atoms with van der Waals surface area (Å²) in [5.41, 5.74) is 1.62. The zero-order valence-corrected chi connectivity index (χ0v) is 17.1. The predicted molar refractivity (Wildman–Crippen MR) is 112 cm³/mol. The first-order chi connectivity index (χ1) is 13.5. The highest BCUT2D eigenvalue weighted by molar-refractivity contribution is 7.89. The average molecular weight is 401 g/mol. The second-order valence-corrected chi connectivity index (χ2v) is 9.35. The normalized spacial score (nSPS) is 16.9. The molecule has 6 heteroatoms. The highest BCUT2D eigenvalue weighted by Crippen LogP contribution is 2.24. The molecule has 2 aromatic carbocycles. The van der Waals surface area contributed by atoms with E-state index in [0.29, 0.717) is 25.2 Å². The van der Waals surface area contributed by atoms with E-state index in [4.69, 9.17) is 0 Å². The number of benzene rings is 2. The number of rotatable bonds is 6. The first-order valence-electron chi connectivity index (χ1n) is 9.92. The molecule has 1 aliphatic heterocycles. The van der Waals surface area contributed by atoms with Crippen molar-refractivity contribution < 1.29 is 13.2 Å². The van der Waals surface area contributed by atoms with Crippen LogP contribution in [0.2, 0.25) is 0 Å². The molecule has 1 saturated heterocycles. The standard InChI is InChI=1S/C22H28N2O3S/c1-18(19-10-5-4-6-11-19)16-22(25)23-20-12-9-13-21(17-20)28(26,27)24-14-7-2-3-8-15-24/h4-6,9-13,17-18H,2-3,7-8,14-16H2,1H3,(H,23,25)/t18-/m1/s1. The number of nitrogens with zero attached hydrogens (tertiary/aromatic N) is 1. The molecule has 1 aliphatic rings. The van der Waals surface area contributed by atoms with E-state index in [-0.39, 0.29) is 16.7 Å². The van der Waals surface area contributed by atoms with E-state index in [1.54, 1.807) is 28.6 Å². The molecule has 1 fully saturated rings. The minimum absolute atomic E-state index is 0.0882. The SMILES string of the molecule is C[C@H](CC(=O)Nc1cccc(S(=O)(=O)N2CCCCCC2)c1)c1ccccc1. The van der Waals surface area contributed by atoms with E-state index >= 15 is 0 Å². The van der Waals surface area contributed by atoms with E-state index in [2.05, 4.69) is 5.32 Å². The van der Waals surface area contributed by atoms with Crippen LogP contribution in [0.5, 0.6) is 0 Å². The number of hydrogen-bond donors (Lipinski definition) is 1. The largest absolute Gasteiger partial charge is 0.326 e. The number of hydrogen-bond acceptors (Lipinski definition) is 3. The van der Waals surface area contributed by atoms with Gasteiger partial charge < -0.3 is 5.32 Å². The van der Waals surface area contributed by atoms with Gasteiger partial charge in [0.2, 0.25) is 15.9 Å². The fraction of sp³-hybridized carbons (Fsp3) is 0.409. The summed E-state index contributed by atoms with van der Waals surface area (Å²) in [6.07, 6.45) is 4.27. The van der Waals surface area contributed by atoms with Gasteiger partial charge >= 0.3 is 0 Å². The van der Waals surface area contributed by atoms with E-state index < -0.39 is 10.0 Å². The molecule has 0 aromatic heterocycles. The van der Waals surface area contributed by atoms with Gasteiger partial charge in [-0.1, -0.05) is 56.2 Å². The molecule has 1 atom stereocenters. The van der Waals surface area contributed by atoms with Crippen LogP contribution >= 0.6 is 0 Å². The molecular weight excluding hydrogens is 372 g/mol. The van der Waals surface area contributed by atoms with Crippen LogP contribution in [0.3, 0.4) is 0 Å². The summed E-state index contributed by atoms with van der Waals surface area (Å²) >= 11 is 0. The molecule has 1 heterocycles. The monoisotopic (exact) mass is 400 g/mol. The lowest BCUT2D eigenvalue weighted by Gasteiger charge is -2.20. The van der Waals surface area contributed by atoms with Gasteiger partial charge in [0.1, 0.15) is 0 Å². The van der Waals surface area contributed by atoms with Gasteiger partial charge in [0.05, 0.1) is 4.90 Å². The molecule has 1 amide bonds. The zero-order chi connectivity index (χ0) is 20.0. The van der Waals surface area contributed by atoms with Crippen LogP contribution in [0.25, 0.3) is 0 Å².